The summed E-state index contributed by atoms with van der Waals surface area (Å²) >= 11 is 0. The summed E-state index contributed by atoms with van der Waals surface area (Å²) in [6.45, 7) is 2.51. The number of nitrogens with zero attached hydrogens (tertiary/aromatic N) is 3. The molecule has 0 aliphatic heterocycles. The average molecular weight is 278 g/mol. The van der Waals surface area contributed by atoms with Crippen LogP contribution in [-0.4, -0.2) is 14.7 Å². The maximum atomic E-state index is 13.5. The molecule has 7 heteroatoms. The van der Waals surface area contributed by atoms with Gasteiger partial charge >= 0.3 is 5.69 Å². The van der Waals surface area contributed by atoms with Crippen molar-refractivity contribution in [1.82, 2.24) is 9.78 Å². The first-order valence-corrected chi connectivity index (χ1v) is 6.20. The molecule has 2 rings (SSSR count). The zero-order valence-corrected chi connectivity index (χ0v) is 11.3. The Bertz CT molecular complexity index is 639. The van der Waals surface area contributed by atoms with Crippen LogP contribution in [0.1, 0.15) is 18.2 Å². The zero-order chi connectivity index (χ0) is 14.7. The number of aromatic nitrogens is 2. The van der Waals surface area contributed by atoms with E-state index in [1.54, 1.807) is 4.68 Å². The molecule has 0 spiro atoms. The van der Waals surface area contributed by atoms with Crippen LogP contribution in [-0.2, 0) is 20.0 Å². The summed E-state index contributed by atoms with van der Waals surface area (Å²) < 4.78 is 15.2. The first-order chi connectivity index (χ1) is 9.51. The van der Waals surface area contributed by atoms with E-state index in [0.717, 1.165) is 29.8 Å². The summed E-state index contributed by atoms with van der Waals surface area (Å²) in [7, 11) is 1.84. The minimum atomic E-state index is -0.845. The fraction of sp³-hybridized carbons (Fsp3) is 0.308. The first-order valence-electron chi connectivity index (χ1n) is 6.20. The van der Waals surface area contributed by atoms with Crippen molar-refractivity contribution in [2.24, 2.45) is 7.05 Å². The van der Waals surface area contributed by atoms with Crippen LogP contribution in [0.15, 0.2) is 24.4 Å². The molecule has 2 aromatic rings. The lowest BCUT2D eigenvalue weighted by Crippen LogP contribution is -2.02. The highest BCUT2D eigenvalue weighted by Crippen LogP contribution is 2.21. The van der Waals surface area contributed by atoms with E-state index in [1.165, 1.54) is 6.07 Å². The van der Waals surface area contributed by atoms with Crippen LogP contribution in [0.3, 0.4) is 0 Å². The highest BCUT2D eigenvalue weighted by Gasteiger charge is 2.14. The molecule has 0 aliphatic carbocycles. The van der Waals surface area contributed by atoms with Gasteiger partial charge in [0, 0.05) is 43.2 Å². The molecule has 0 bridgehead atoms. The van der Waals surface area contributed by atoms with Gasteiger partial charge in [-0.05, 0) is 12.5 Å². The average Bonchev–Trinajstić information content (AvgIpc) is 2.76. The number of nitro benzene ring substituents is 1. The Kier molecular flexibility index (Phi) is 3.97. The van der Waals surface area contributed by atoms with Crippen molar-refractivity contribution < 1.29 is 9.31 Å². The number of aryl methyl sites for hydroxylation is 2. The molecular weight excluding hydrogens is 263 g/mol. The Morgan fingerprint density at radius 1 is 1.50 bits per heavy atom. The second kappa shape index (κ2) is 5.68. The van der Waals surface area contributed by atoms with Crippen LogP contribution >= 0.6 is 0 Å². The molecule has 0 saturated carbocycles. The van der Waals surface area contributed by atoms with Crippen LogP contribution in [0.5, 0.6) is 0 Å². The lowest BCUT2D eigenvalue weighted by atomic mass is 10.2. The molecule has 0 unspecified atom stereocenters. The van der Waals surface area contributed by atoms with Crippen LogP contribution < -0.4 is 5.32 Å². The van der Waals surface area contributed by atoms with Gasteiger partial charge in [0.15, 0.2) is 0 Å². The Hall–Kier alpha value is -2.44. The molecule has 6 nitrogen and oxygen atoms in total. The van der Waals surface area contributed by atoms with E-state index >= 15 is 0 Å². The maximum absolute atomic E-state index is 13.5. The van der Waals surface area contributed by atoms with Gasteiger partial charge in [0.2, 0.25) is 5.82 Å². The number of nitro groups is 1. The largest absolute Gasteiger partial charge is 0.381 e. The van der Waals surface area contributed by atoms with Crippen molar-refractivity contribution in [2.75, 3.05) is 5.32 Å². The third-order valence-corrected chi connectivity index (χ3v) is 2.95. The second-order valence-corrected chi connectivity index (χ2v) is 4.41. The van der Waals surface area contributed by atoms with Gasteiger partial charge in [-0.2, -0.15) is 9.49 Å². The fourth-order valence-corrected chi connectivity index (χ4v) is 1.99. The third-order valence-electron chi connectivity index (χ3n) is 2.95. The van der Waals surface area contributed by atoms with Crippen LogP contribution in [0.25, 0.3) is 0 Å². The number of hydrogen-bond donors (Lipinski definition) is 1. The summed E-state index contributed by atoms with van der Waals surface area (Å²) in [5.41, 5.74) is 1.97. The van der Waals surface area contributed by atoms with E-state index < -0.39 is 16.4 Å². The normalized spacial score (nSPS) is 10.6. The first kappa shape index (κ1) is 14.0. The minimum absolute atomic E-state index is 0.494. The molecular formula is C13H15FN4O2. The van der Waals surface area contributed by atoms with E-state index in [4.69, 9.17) is 0 Å². The zero-order valence-electron chi connectivity index (χ0n) is 11.3. The van der Waals surface area contributed by atoms with Gasteiger partial charge in [0.1, 0.15) is 0 Å². The predicted octanol–water partition coefficient (Wildman–Crippen LogP) is 2.64. The van der Waals surface area contributed by atoms with Gasteiger partial charge in [0.25, 0.3) is 0 Å². The fourth-order valence-electron chi connectivity index (χ4n) is 1.99. The number of rotatable bonds is 5. The van der Waals surface area contributed by atoms with Crippen LogP contribution in [0.4, 0.5) is 15.8 Å². The molecule has 0 saturated heterocycles. The van der Waals surface area contributed by atoms with Crippen molar-refractivity contribution in [3.63, 3.8) is 0 Å². The molecule has 0 fully saturated rings. The number of hydrogen-bond acceptors (Lipinski definition) is 4. The summed E-state index contributed by atoms with van der Waals surface area (Å²) in [6, 6.07) is 3.77. The van der Waals surface area contributed by atoms with E-state index in [2.05, 4.69) is 10.4 Å². The van der Waals surface area contributed by atoms with Gasteiger partial charge in [-0.3, -0.25) is 14.8 Å². The smallest absolute Gasteiger partial charge is 0.304 e. The lowest BCUT2D eigenvalue weighted by molar-refractivity contribution is -0.387. The number of halogens is 1. The maximum Gasteiger partial charge on any atom is 0.304 e. The summed E-state index contributed by atoms with van der Waals surface area (Å²) in [5.74, 6) is -0.845. The molecule has 1 aromatic carbocycles. The minimum Gasteiger partial charge on any atom is -0.381 e. The monoisotopic (exact) mass is 278 g/mol. The second-order valence-electron chi connectivity index (χ2n) is 4.41. The summed E-state index contributed by atoms with van der Waals surface area (Å²) in [5, 5.41) is 17.9. The SMILES string of the molecule is CCc1nn(C)cc1CNc1ccc([N+](=O)[O-])c(F)c1. The van der Waals surface area contributed by atoms with Crippen molar-refractivity contribution in [2.45, 2.75) is 19.9 Å². The van der Waals surface area contributed by atoms with Crippen molar-refractivity contribution >= 4 is 11.4 Å². The van der Waals surface area contributed by atoms with Gasteiger partial charge in [-0.1, -0.05) is 6.92 Å². The highest BCUT2D eigenvalue weighted by molar-refractivity contribution is 5.50. The Labute approximate surface area is 115 Å². The van der Waals surface area contributed by atoms with Crippen molar-refractivity contribution in [3.05, 3.63) is 51.6 Å². The summed E-state index contributed by atoms with van der Waals surface area (Å²) in [6.07, 6.45) is 2.71. The molecule has 1 aromatic heterocycles. The number of nitrogens with one attached hydrogen (secondary N) is 1. The molecule has 1 heterocycles. The third kappa shape index (κ3) is 2.93. The Balaban J connectivity index is 2.11. The van der Waals surface area contributed by atoms with Gasteiger partial charge in [0.05, 0.1) is 10.6 Å². The van der Waals surface area contributed by atoms with Gasteiger partial charge in [-0.15, -0.1) is 0 Å². The van der Waals surface area contributed by atoms with Crippen molar-refractivity contribution in [1.29, 1.82) is 0 Å². The van der Waals surface area contributed by atoms with Gasteiger partial charge in [-0.25, -0.2) is 0 Å². The molecule has 0 radical (unpaired) electrons. The van der Waals surface area contributed by atoms with E-state index in [0.29, 0.717) is 12.2 Å². The molecule has 106 valence electrons. The molecule has 1 N–H and O–H groups in total. The summed E-state index contributed by atoms with van der Waals surface area (Å²) in [4.78, 5) is 9.79. The van der Waals surface area contributed by atoms with E-state index in [-0.39, 0.29) is 0 Å². The molecule has 20 heavy (non-hydrogen) atoms. The standard InChI is InChI=1S/C13H15FN4O2/c1-3-12-9(8-17(2)16-12)7-15-10-4-5-13(18(19)20)11(14)6-10/h4-6,8,15H,3,7H2,1-2H3. The Morgan fingerprint density at radius 2 is 2.25 bits per heavy atom. The Morgan fingerprint density at radius 3 is 2.85 bits per heavy atom. The number of benzene rings is 1. The van der Waals surface area contributed by atoms with E-state index in [9.17, 15) is 14.5 Å². The molecule has 0 atom stereocenters. The van der Waals surface area contributed by atoms with Gasteiger partial charge < -0.3 is 5.32 Å². The van der Waals surface area contributed by atoms with Crippen molar-refractivity contribution in [3.8, 4) is 0 Å². The topological polar surface area (TPSA) is 73.0 Å². The molecule has 0 amide bonds. The predicted molar refractivity (Wildman–Crippen MR) is 73.0 cm³/mol. The number of anilines is 1. The quantitative estimate of drug-likeness (QED) is 0.674. The van der Waals surface area contributed by atoms with Crippen LogP contribution in [0.2, 0.25) is 0 Å². The molecule has 0 aliphatic rings. The van der Waals surface area contributed by atoms with Crippen LogP contribution in [0, 0.1) is 15.9 Å². The lowest BCUT2D eigenvalue weighted by Gasteiger charge is -2.06. The van der Waals surface area contributed by atoms with E-state index in [1.807, 2.05) is 20.2 Å². The highest BCUT2D eigenvalue weighted by atomic mass is 19.1.